The van der Waals surface area contributed by atoms with Gasteiger partial charge in [-0.2, -0.15) is 0 Å². The van der Waals surface area contributed by atoms with E-state index in [9.17, 15) is 4.79 Å². The van der Waals surface area contributed by atoms with E-state index in [0.29, 0.717) is 10.4 Å². The van der Waals surface area contributed by atoms with Gasteiger partial charge in [0.05, 0.1) is 27.6 Å². The number of nitrogens with zero attached hydrogens (tertiary/aromatic N) is 1. The maximum atomic E-state index is 11.7. The molecule has 0 aliphatic heterocycles. The number of carbonyl (C=O) groups is 1. The van der Waals surface area contributed by atoms with Crippen LogP contribution in [0, 0.1) is 0 Å². The maximum absolute atomic E-state index is 11.7. The molecule has 2 nitrogen and oxygen atoms in total. The Balaban J connectivity index is 0. The number of hydrogen-bond donors (Lipinski definition) is 0. The molecule has 0 aromatic heterocycles. The van der Waals surface area contributed by atoms with Gasteiger partial charge in [0.2, 0.25) is 0 Å². The van der Waals surface area contributed by atoms with Gasteiger partial charge in [-0.25, -0.2) is 4.79 Å². The van der Waals surface area contributed by atoms with Crippen molar-refractivity contribution in [2.75, 3.05) is 21.1 Å². The summed E-state index contributed by atoms with van der Waals surface area (Å²) in [6.07, 6.45) is 18.4. The summed E-state index contributed by atoms with van der Waals surface area (Å²) in [6.45, 7) is 2.28. The minimum absolute atomic E-state index is 0. The largest absolute Gasteiger partial charge is 1.00 e. The molecule has 0 saturated carbocycles. The molecule has 0 aliphatic rings. The van der Waals surface area contributed by atoms with E-state index in [1.54, 1.807) is 0 Å². The van der Waals surface area contributed by atoms with Crippen LogP contribution in [0.5, 0.6) is 0 Å². The third-order valence-corrected chi connectivity index (χ3v) is 4.24. The predicted octanol–water partition coefficient (Wildman–Crippen LogP) is 2.70. The van der Waals surface area contributed by atoms with Crippen molar-refractivity contribution in [3.05, 3.63) is 0 Å². The van der Waals surface area contributed by atoms with Crippen molar-refractivity contribution in [1.82, 2.24) is 0 Å². The minimum atomic E-state index is 0. The van der Waals surface area contributed by atoms with Gasteiger partial charge in [0.15, 0.2) is 0 Å². The van der Waals surface area contributed by atoms with E-state index in [1.807, 2.05) is 21.1 Å². The van der Waals surface area contributed by atoms with E-state index in [-0.39, 0.29) is 12.4 Å². The molecule has 0 aromatic carbocycles. The Hall–Kier alpha value is -0.0800. The first-order chi connectivity index (χ1) is 9.98. The van der Waals surface area contributed by atoms with Crippen molar-refractivity contribution in [2.45, 2.75) is 96.8 Å². The monoisotopic (exact) mass is 333 g/mol. The molecule has 0 spiro atoms. The minimum Gasteiger partial charge on any atom is -1.00 e. The molecule has 0 N–H and O–H groups in total. The Morgan fingerprint density at radius 3 is 1.27 bits per heavy atom. The molecule has 0 atom stereocenters. The van der Waals surface area contributed by atoms with Gasteiger partial charge >= 0.3 is 5.91 Å². The number of hydrogen-bond acceptors (Lipinski definition) is 1. The van der Waals surface area contributed by atoms with Crippen molar-refractivity contribution < 1.29 is 21.7 Å². The summed E-state index contributed by atoms with van der Waals surface area (Å²) in [4.78, 5) is 11.7. The Kier molecular flexibility index (Phi) is 17.4. The Bertz CT molecular complexity index is 248. The van der Waals surface area contributed by atoms with Gasteiger partial charge in [-0.3, -0.25) is 4.48 Å². The van der Waals surface area contributed by atoms with E-state index >= 15 is 0 Å². The second-order valence-electron chi connectivity index (χ2n) is 7.40. The standard InChI is InChI=1S/C19H40NO.ClH/c1-5-6-7-8-9-10-11-12-13-14-15-16-17-18-19(21)20(2,3)4;/h5-18H2,1-4H3;1H/q+1;/p-1. The third kappa shape index (κ3) is 16.3. The van der Waals surface area contributed by atoms with Crippen LogP contribution < -0.4 is 12.4 Å². The first kappa shape index (κ1) is 24.2. The summed E-state index contributed by atoms with van der Waals surface area (Å²) in [6, 6.07) is 0. The highest BCUT2D eigenvalue weighted by Gasteiger charge is 2.18. The van der Waals surface area contributed by atoms with Crippen molar-refractivity contribution in [1.29, 1.82) is 0 Å². The molecule has 0 fully saturated rings. The SMILES string of the molecule is CCCCCCCCCCCCCCCC(=O)[N+](C)(C)C.[Cl-]. The lowest BCUT2D eigenvalue weighted by molar-refractivity contribution is -0.792. The van der Waals surface area contributed by atoms with E-state index in [4.69, 9.17) is 0 Å². The zero-order valence-corrected chi connectivity index (χ0v) is 16.4. The molecule has 22 heavy (non-hydrogen) atoms. The molecule has 134 valence electrons. The molecule has 0 rings (SSSR count). The van der Waals surface area contributed by atoms with Crippen molar-refractivity contribution in [2.24, 2.45) is 0 Å². The van der Waals surface area contributed by atoms with Crippen LogP contribution in [0.2, 0.25) is 0 Å². The molecule has 0 unspecified atom stereocenters. The number of halogens is 1. The van der Waals surface area contributed by atoms with Gasteiger partial charge in [0.1, 0.15) is 0 Å². The van der Waals surface area contributed by atoms with Gasteiger partial charge in [-0.15, -0.1) is 0 Å². The lowest BCUT2D eigenvalue weighted by Crippen LogP contribution is -3.00. The molecule has 0 aliphatic carbocycles. The fourth-order valence-electron chi connectivity index (χ4n) is 2.63. The average molecular weight is 334 g/mol. The quantitative estimate of drug-likeness (QED) is 0.353. The normalized spacial score (nSPS) is 11.3. The van der Waals surface area contributed by atoms with E-state index in [0.717, 1.165) is 12.8 Å². The number of amides is 1. The lowest BCUT2D eigenvalue weighted by Gasteiger charge is -2.20. The maximum Gasteiger partial charge on any atom is 0.313 e. The molecule has 0 aromatic rings. The number of rotatable bonds is 14. The molecular formula is C19H40ClNO. The Morgan fingerprint density at radius 1 is 0.636 bits per heavy atom. The van der Waals surface area contributed by atoms with Crippen LogP contribution in [0.1, 0.15) is 96.8 Å². The van der Waals surface area contributed by atoms with Crippen LogP contribution in [0.3, 0.4) is 0 Å². The molecule has 0 heterocycles. The van der Waals surface area contributed by atoms with Gasteiger partial charge < -0.3 is 12.4 Å². The van der Waals surface area contributed by atoms with Crippen LogP contribution in [0.4, 0.5) is 0 Å². The van der Waals surface area contributed by atoms with Gasteiger partial charge in [-0.05, 0) is 6.42 Å². The summed E-state index contributed by atoms with van der Waals surface area (Å²) in [5.41, 5.74) is 0. The summed E-state index contributed by atoms with van der Waals surface area (Å²) in [5.74, 6) is 0.359. The predicted molar refractivity (Wildman–Crippen MR) is 93.4 cm³/mol. The third-order valence-electron chi connectivity index (χ3n) is 4.24. The van der Waals surface area contributed by atoms with Crippen LogP contribution in [-0.4, -0.2) is 31.5 Å². The Labute approximate surface area is 146 Å². The Morgan fingerprint density at radius 2 is 0.955 bits per heavy atom. The average Bonchev–Trinajstić information content (AvgIpc) is 2.42. The summed E-state index contributed by atoms with van der Waals surface area (Å²) < 4.78 is 0.470. The number of unbranched alkanes of at least 4 members (excludes halogenated alkanes) is 12. The first-order valence-electron chi connectivity index (χ1n) is 9.33. The highest BCUT2D eigenvalue weighted by Crippen LogP contribution is 2.13. The summed E-state index contributed by atoms with van der Waals surface area (Å²) in [7, 11) is 5.89. The van der Waals surface area contributed by atoms with Crippen molar-refractivity contribution in [3.8, 4) is 0 Å². The molecule has 0 radical (unpaired) electrons. The smallest absolute Gasteiger partial charge is 0.313 e. The van der Waals surface area contributed by atoms with E-state index in [2.05, 4.69) is 6.92 Å². The topological polar surface area (TPSA) is 17.1 Å². The fourth-order valence-corrected chi connectivity index (χ4v) is 2.63. The van der Waals surface area contributed by atoms with Crippen LogP contribution >= 0.6 is 0 Å². The van der Waals surface area contributed by atoms with Crippen molar-refractivity contribution >= 4 is 5.91 Å². The second kappa shape index (κ2) is 15.8. The van der Waals surface area contributed by atoms with Gasteiger partial charge in [0, 0.05) is 0 Å². The van der Waals surface area contributed by atoms with E-state index in [1.165, 1.54) is 77.0 Å². The molecular weight excluding hydrogens is 294 g/mol. The van der Waals surface area contributed by atoms with Gasteiger partial charge in [-0.1, -0.05) is 84.0 Å². The van der Waals surface area contributed by atoms with Gasteiger partial charge in [0.25, 0.3) is 0 Å². The summed E-state index contributed by atoms with van der Waals surface area (Å²) in [5, 5.41) is 0. The number of quaternary nitrogens is 1. The lowest BCUT2D eigenvalue weighted by atomic mass is 10.0. The zero-order chi connectivity index (χ0) is 16.0. The second-order valence-corrected chi connectivity index (χ2v) is 7.40. The van der Waals surface area contributed by atoms with Crippen LogP contribution in [0.25, 0.3) is 0 Å². The van der Waals surface area contributed by atoms with Crippen LogP contribution in [-0.2, 0) is 4.79 Å². The number of carbonyl (C=O) groups excluding carboxylic acids is 1. The van der Waals surface area contributed by atoms with E-state index < -0.39 is 0 Å². The van der Waals surface area contributed by atoms with Crippen LogP contribution in [0.15, 0.2) is 0 Å². The first-order valence-corrected chi connectivity index (χ1v) is 9.33. The molecule has 3 heteroatoms. The highest BCUT2D eigenvalue weighted by atomic mass is 35.5. The molecule has 0 bridgehead atoms. The molecule has 1 amide bonds. The van der Waals surface area contributed by atoms with Crippen molar-refractivity contribution in [3.63, 3.8) is 0 Å². The summed E-state index contributed by atoms with van der Waals surface area (Å²) >= 11 is 0. The fraction of sp³-hybridized carbons (Fsp3) is 0.947. The molecule has 0 saturated heterocycles. The zero-order valence-electron chi connectivity index (χ0n) is 15.6. The highest BCUT2D eigenvalue weighted by molar-refractivity contribution is 5.68.